The standard InChI is InChI=1S/C16H10F6N2O4/c1-28-13-3-2-11(7-12(13)24(26)27)23-14(25)8-4-9(15(17,18)19)6-10(5-8)16(20,21)22/h2-7H,1H3,(H,23,25). The van der Waals surface area contributed by atoms with Gasteiger partial charge in [0.1, 0.15) is 0 Å². The van der Waals surface area contributed by atoms with Crippen molar-refractivity contribution in [2.75, 3.05) is 12.4 Å². The van der Waals surface area contributed by atoms with Crippen LogP contribution in [-0.4, -0.2) is 17.9 Å². The fraction of sp³-hybridized carbons (Fsp3) is 0.188. The molecule has 1 amide bonds. The first-order valence-corrected chi connectivity index (χ1v) is 7.26. The van der Waals surface area contributed by atoms with Gasteiger partial charge in [0.2, 0.25) is 0 Å². The largest absolute Gasteiger partial charge is 0.490 e. The van der Waals surface area contributed by atoms with Gasteiger partial charge in [-0.15, -0.1) is 0 Å². The lowest BCUT2D eigenvalue weighted by Crippen LogP contribution is -2.17. The number of nitro groups is 1. The van der Waals surface area contributed by atoms with Gasteiger partial charge in [0.05, 0.1) is 23.2 Å². The number of ether oxygens (including phenoxy) is 1. The number of methoxy groups -OCH3 is 1. The maximum atomic E-state index is 12.9. The van der Waals surface area contributed by atoms with Gasteiger partial charge in [0, 0.05) is 17.3 Å². The molecule has 1 N–H and O–H groups in total. The number of alkyl halides is 6. The summed E-state index contributed by atoms with van der Waals surface area (Å²) in [5, 5.41) is 13.0. The van der Waals surface area contributed by atoms with Crippen LogP contribution >= 0.6 is 0 Å². The molecule has 0 aliphatic rings. The fourth-order valence-corrected chi connectivity index (χ4v) is 2.20. The highest BCUT2D eigenvalue weighted by atomic mass is 19.4. The zero-order chi connectivity index (χ0) is 21.3. The molecule has 0 saturated carbocycles. The Kier molecular flexibility index (Phi) is 5.52. The molecule has 6 nitrogen and oxygen atoms in total. The molecule has 0 saturated heterocycles. The second kappa shape index (κ2) is 7.37. The summed E-state index contributed by atoms with van der Waals surface area (Å²) in [5.74, 6) is -1.46. The van der Waals surface area contributed by atoms with Gasteiger partial charge in [-0.2, -0.15) is 26.3 Å². The van der Waals surface area contributed by atoms with Crippen LogP contribution in [0.25, 0.3) is 0 Å². The lowest BCUT2D eigenvalue weighted by Gasteiger charge is -2.14. The monoisotopic (exact) mass is 408 g/mol. The number of amides is 1. The van der Waals surface area contributed by atoms with Crippen LogP contribution in [0.15, 0.2) is 36.4 Å². The molecular weight excluding hydrogens is 398 g/mol. The highest BCUT2D eigenvalue weighted by Crippen LogP contribution is 2.36. The van der Waals surface area contributed by atoms with E-state index >= 15 is 0 Å². The molecule has 0 heterocycles. The van der Waals surface area contributed by atoms with Gasteiger partial charge in [-0.25, -0.2) is 0 Å². The first-order valence-electron chi connectivity index (χ1n) is 7.26. The summed E-state index contributed by atoms with van der Waals surface area (Å²) in [4.78, 5) is 22.3. The lowest BCUT2D eigenvalue weighted by molar-refractivity contribution is -0.385. The molecule has 2 aromatic carbocycles. The zero-order valence-corrected chi connectivity index (χ0v) is 13.8. The number of benzene rings is 2. The third-order valence-electron chi connectivity index (χ3n) is 3.48. The molecule has 0 radical (unpaired) electrons. The first-order chi connectivity index (χ1) is 12.8. The quantitative estimate of drug-likeness (QED) is 0.444. The minimum Gasteiger partial charge on any atom is -0.490 e. The van der Waals surface area contributed by atoms with E-state index in [1.807, 2.05) is 5.32 Å². The zero-order valence-electron chi connectivity index (χ0n) is 13.8. The van der Waals surface area contributed by atoms with Gasteiger partial charge < -0.3 is 10.1 Å². The van der Waals surface area contributed by atoms with E-state index in [-0.39, 0.29) is 29.6 Å². The molecule has 0 aromatic heterocycles. The summed E-state index contributed by atoms with van der Waals surface area (Å²) >= 11 is 0. The van der Waals surface area contributed by atoms with Gasteiger partial charge in [-0.1, -0.05) is 0 Å². The van der Waals surface area contributed by atoms with E-state index in [4.69, 9.17) is 4.74 Å². The summed E-state index contributed by atoms with van der Waals surface area (Å²) in [7, 11) is 1.15. The van der Waals surface area contributed by atoms with E-state index in [0.717, 1.165) is 25.3 Å². The van der Waals surface area contributed by atoms with Crippen LogP contribution in [0, 0.1) is 10.1 Å². The van der Waals surface area contributed by atoms with Crippen molar-refractivity contribution in [1.29, 1.82) is 0 Å². The molecule has 12 heteroatoms. The number of hydrogen-bond donors (Lipinski definition) is 1. The molecule has 2 aromatic rings. The van der Waals surface area contributed by atoms with E-state index in [1.165, 1.54) is 0 Å². The summed E-state index contributed by atoms with van der Waals surface area (Å²) in [6, 6.07) is 3.50. The molecule has 28 heavy (non-hydrogen) atoms. The van der Waals surface area contributed by atoms with Crippen LogP contribution in [0.3, 0.4) is 0 Å². The molecule has 0 fully saturated rings. The third-order valence-corrected chi connectivity index (χ3v) is 3.48. The highest BCUT2D eigenvalue weighted by molar-refractivity contribution is 6.04. The van der Waals surface area contributed by atoms with Crippen molar-refractivity contribution >= 4 is 17.3 Å². The average molecular weight is 408 g/mol. The smallest absolute Gasteiger partial charge is 0.416 e. The molecule has 150 valence electrons. The van der Waals surface area contributed by atoms with E-state index in [2.05, 4.69) is 0 Å². The lowest BCUT2D eigenvalue weighted by atomic mass is 10.0. The summed E-state index contributed by atoms with van der Waals surface area (Å²) < 4.78 is 81.9. The molecule has 0 bridgehead atoms. The van der Waals surface area contributed by atoms with Gasteiger partial charge in [0.25, 0.3) is 5.91 Å². The normalized spacial score (nSPS) is 11.8. The van der Waals surface area contributed by atoms with E-state index in [0.29, 0.717) is 0 Å². The predicted molar refractivity (Wildman–Crippen MR) is 84.0 cm³/mol. The number of carbonyl (C=O) groups excluding carboxylic acids is 1. The van der Waals surface area contributed by atoms with Crippen molar-refractivity contribution in [2.24, 2.45) is 0 Å². The van der Waals surface area contributed by atoms with Crippen LogP contribution in [0.5, 0.6) is 5.75 Å². The number of carbonyl (C=O) groups is 1. The van der Waals surface area contributed by atoms with Gasteiger partial charge in [-0.3, -0.25) is 14.9 Å². The molecule has 0 aliphatic carbocycles. The molecule has 0 unspecified atom stereocenters. The van der Waals surface area contributed by atoms with Crippen molar-refractivity contribution in [3.63, 3.8) is 0 Å². The number of nitrogens with one attached hydrogen (secondary N) is 1. The van der Waals surface area contributed by atoms with Gasteiger partial charge in [-0.05, 0) is 30.3 Å². The SMILES string of the molecule is COc1ccc(NC(=O)c2cc(C(F)(F)F)cc(C(F)(F)F)c2)cc1[N+](=O)[O-]. The van der Waals surface area contributed by atoms with Crippen LogP contribution in [-0.2, 0) is 12.4 Å². The molecule has 0 spiro atoms. The van der Waals surface area contributed by atoms with Crippen LogP contribution in [0.2, 0.25) is 0 Å². The van der Waals surface area contributed by atoms with Crippen molar-refractivity contribution in [3.8, 4) is 5.75 Å². The number of anilines is 1. The minimum absolute atomic E-state index is 0.116. The Balaban J connectivity index is 2.44. The van der Waals surface area contributed by atoms with Crippen molar-refractivity contribution in [2.45, 2.75) is 12.4 Å². The van der Waals surface area contributed by atoms with Crippen LogP contribution in [0.1, 0.15) is 21.5 Å². The molecule has 0 aliphatic heterocycles. The topological polar surface area (TPSA) is 81.5 Å². The Morgan fingerprint density at radius 2 is 1.54 bits per heavy atom. The third kappa shape index (κ3) is 4.69. The van der Waals surface area contributed by atoms with Crippen LogP contribution < -0.4 is 10.1 Å². The minimum atomic E-state index is -5.12. The summed E-state index contributed by atoms with van der Waals surface area (Å²) in [6.07, 6.45) is -10.2. The van der Waals surface area contributed by atoms with E-state index < -0.39 is 45.6 Å². The second-order valence-electron chi connectivity index (χ2n) is 5.39. The maximum Gasteiger partial charge on any atom is 0.416 e. The van der Waals surface area contributed by atoms with Gasteiger partial charge >= 0.3 is 18.0 Å². The van der Waals surface area contributed by atoms with Crippen molar-refractivity contribution in [1.82, 2.24) is 0 Å². The van der Waals surface area contributed by atoms with Crippen molar-refractivity contribution in [3.05, 3.63) is 63.2 Å². The number of nitrogens with zero attached hydrogens (tertiary/aromatic N) is 1. The van der Waals surface area contributed by atoms with E-state index in [9.17, 15) is 41.3 Å². The summed E-state index contributed by atoms with van der Waals surface area (Å²) in [6.45, 7) is 0. The Labute approximate surface area is 152 Å². The maximum absolute atomic E-state index is 12.9. The predicted octanol–water partition coefficient (Wildman–Crippen LogP) is 4.89. The number of halogens is 6. The first kappa shape index (κ1) is 21.0. The molecule has 2 rings (SSSR count). The Morgan fingerprint density at radius 3 is 1.96 bits per heavy atom. The molecule has 0 atom stereocenters. The Morgan fingerprint density at radius 1 is 1.00 bits per heavy atom. The number of rotatable bonds is 4. The Hall–Kier alpha value is -3.31. The van der Waals surface area contributed by atoms with Gasteiger partial charge in [0.15, 0.2) is 5.75 Å². The molecular formula is C16H10F6N2O4. The highest BCUT2D eigenvalue weighted by Gasteiger charge is 2.37. The number of nitro benzene ring substituents is 1. The van der Waals surface area contributed by atoms with Crippen LogP contribution in [0.4, 0.5) is 37.7 Å². The average Bonchev–Trinajstić information content (AvgIpc) is 2.59. The van der Waals surface area contributed by atoms with E-state index in [1.54, 1.807) is 0 Å². The van der Waals surface area contributed by atoms with Crippen molar-refractivity contribution < 1.29 is 40.8 Å². The number of hydrogen-bond acceptors (Lipinski definition) is 4. The Bertz CT molecular complexity index is 892. The second-order valence-corrected chi connectivity index (χ2v) is 5.39. The summed E-state index contributed by atoms with van der Waals surface area (Å²) in [5.41, 5.74) is -5.01. The fourth-order valence-electron chi connectivity index (χ4n) is 2.20.